The van der Waals surface area contributed by atoms with Gasteiger partial charge in [-0.25, -0.2) is 4.98 Å². The van der Waals surface area contributed by atoms with Gasteiger partial charge in [0.2, 0.25) is 0 Å². The average Bonchev–Trinajstić information content (AvgIpc) is 3.25. The third-order valence-electron chi connectivity index (χ3n) is 4.38. The van der Waals surface area contributed by atoms with Crippen molar-refractivity contribution in [3.63, 3.8) is 0 Å². The standard InChI is InChI=1S/C20H13N5/c1-12-5-2-3-6-14(12)13-9-15-19(24-25-20(15)22-11-13)18-10-17-16(23-18)7-4-8-21-17/h4-11,23H,1H3,(H,22,24,25). The van der Waals surface area contributed by atoms with Crippen molar-refractivity contribution in [3.8, 4) is 22.5 Å². The molecule has 4 aromatic heterocycles. The van der Waals surface area contributed by atoms with Crippen LogP contribution in [0.4, 0.5) is 0 Å². The highest BCUT2D eigenvalue weighted by molar-refractivity contribution is 5.95. The van der Waals surface area contributed by atoms with Crippen molar-refractivity contribution >= 4 is 22.1 Å². The van der Waals surface area contributed by atoms with Gasteiger partial charge in [-0.15, -0.1) is 0 Å². The topological polar surface area (TPSA) is 70.2 Å². The maximum absolute atomic E-state index is 4.53. The summed E-state index contributed by atoms with van der Waals surface area (Å²) in [6.45, 7) is 2.06. The summed E-state index contributed by atoms with van der Waals surface area (Å²) in [6.07, 6.45) is 3.64. The molecule has 1 aromatic carbocycles. The van der Waals surface area contributed by atoms with Crippen molar-refractivity contribution in [1.29, 1.82) is 0 Å². The molecule has 0 aliphatic heterocycles. The summed E-state index contributed by atoms with van der Waals surface area (Å²) in [5.41, 5.74) is 7.69. The van der Waals surface area contributed by atoms with Gasteiger partial charge in [-0.05, 0) is 54.4 Å². The molecule has 0 fully saturated rings. The number of H-pyrrole nitrogens is 2. The van der Waals surface area contributed by atoms with E-state index in [0.717, 1.165) is 50.1 Å². The first kappa shape index (κ1) is 13.8. The van der Waals surface area contributed by atoms with E-state index in [1.165, 1.54) is 0 Å². The SMILES string of the molecule is Cc1cc#ccc1-c1cnc2[nH]nc(-c3cc4ncccc4[nH]3)c2c1. The molecule has 25 heavy (non-hydrogen) atoms. The Hall–Kier alpha value is -3.65. The summed E-state index contributed by atoms with van der Waals surface area (Å²) < 4.78 is 0. The van der Waals surface area contributed by atoms with Gasteiger partial charge in [-0.2, -0.15) is 5.10 Å². The lowest BCUT2D eigenvalue weighted by Crippen LogP contribution is -1.85. The Kier molecular flexibility index (Phi) is 2.85. The van der Waals surface area contributed by atoms with E-state index in [4.69, 9.17) is 0 Å². The number of aryl methyl sites for hydroxylation is 1. The third-order valence-corrected chi connectivity index (χ3v) is 4.38. The molecule has 0 aliphatic rings. The average molecular weight is 323 g/mol. The number of pyridine rings is 2. The summed E-state index contributed by atoms with van der Waals surface area (Å²) in [7, 11) is 0. The first-order valence-corrected chi connectivity index (χ1v) is 7.96. The number of hydrogen-bond donors (Lipinski definition) is 2. The van der Waals surface area contributed by atoms with Crippen molar-refractivity contribution in [1.82, 2.24) is 25.1 Å². The minimum absolute atomic E-state index is 0.759. The van der Waals surface area contributed by atoms with Crippen LogP contribution in [0, 0.1) is 19.1 Å². The second kappa shape index (κ2) is 5.18. The van der Waals surface area contributed by atoms with Crippen molar-refractivity contribution in [2.75, 3.05) is 0 Å². The van der Waals surface area contributed by atoms with Crippen LogP contribution in [0.3, 0.4) is 0 Å². The number of nitrogens with one attached hydrogen (secondary N) is 2. The molecule has 0 bridgehead atoms. The zero-order valence-corrected chi connectivity index (χ0v) is 13.5. The highest BCUT2D eigenvalue weighted by atomic mass is 15.2. The molecule has 5 nitrogen and oxygen atoms in total. The van der Waals surface area contributed by atoms with Gasteiger partial charge in [0.15, 0.2) is 5.65 Å². The van der Waals surface area contributed by atoms with E-state index in [1.807, 2.05) is 36.5 Å². The van der Waals surface area contributed by atoms with Crippen LogP contribution in [0.15, 0.2) is 48.8 Å². The zero-order valence-electron chi connectivity index (χ0n) is 13.5. The molecule has 4 heterocycles. The minimum atomic E-state index is 0.759. The summed E-state index contributed by atoms with van der Waals surface area (Å²) in [6, 6.07) is 17.9. The predicted molar refractivity (Wildman–Crippen MR) is 96.8 cm³/mol. The molecule has 5 heteroatoms. The molecule has 2 N–H and O–H groups in total. The Balaban J connectivity index is 1.71. The van der Waals surface area contributed by atoms with Crippen molar-refractivity contribution in [2.24, 2.45) is 0 Å². The molecule has 0 aliphatic carbocycles. The molecule has 0 radical (unpaired) electrons. The van der Waals surface area contributed by atoms with Crippen LogP contribution in [0.25, 0.3) is 44.6 Å². The highest BCUT2D eigenvalue weighted by Crippen LogP contribution is 2.30. The van der Waals surface area contributed by atoms with Gasteiger partial charge in [-0.1, -0.05) is 12.1 Å². The molecule has 0 amide bonds. The zero-order chi connectivity index (χ0) is 16.8. The molecule has 0 saturated carbocycles. The summed E-state index contributed by atoms with van der Waals surface area (Å²) in [5.74, 6) is 0. The van der Waals surface area contributed by atoms with E-state index in [-0.39, 0.29) is 0 Å². The van der Waals surface area contributed by atoms with Crippen LogP contribution in [0.2, 0.25) is 0 Å². The maximum atomic E-state index is 4.53. The number of hydrogen-bond acceptors (Lipinski definition) is 3. The van der Waals surface area contributed by atoms with Gasteiger partial charge in [0.1, 0.15) is 5.69 Å². The van der Waals surface area contributed by atoms with E-state index >= 15 is 0 Å². The monoisotopic (exact) mass is 323 g/mol. The van der Waals surface area contributed by atoms with Gasteiger partial charge in [-0.3, -0.25) is 10.1 Å². The number of nitrogens with zero attached hydrogens (tertiary/aromatic N) is 3. The van der Waals surface area contributed by atoms with E-state index in [2.05, 4.69) is 50.3 Å². The van der Waals surface area contributed by atoms with E-state index in [0.29, 0.717) is 0 Å². The fourth-order valence-electron chi connectivity index (χ4n) is 3.11. The molecule has 5 rings (SSSR count). The summed E-state index contributed by atoms with van der Waals surface area (Å²) in [4.78, 5) is 12.3. The smallest absolute Gasteiger partial charge is 0.155 e. The van der Waals surface area contributed by atoms with Crippen LogP contribution >= 0.6 is 0 Å². The first-order chi connectivity index (χ1) is 12.3. The molecule has 0 saturated heterocycles. The minimum Gasteiger partial charge on any atom is -0.352 e. The Morgan fingerprint density at radius 1 is 1.08 bits per heavy atom. The molecule has 0 atom stereocenters. The van der Waals surface area contributed by atoms with Crippen LogP contribution in [0.5, 0.6) is 0 Å². The largest absolute Gasteiger partial charge is 0.352 e. The van der Waals surface area contributed by atoms with Crippen LogP contribution in [-0.4, -0.2) is 25.1 Å². The van der Waals surface area contributed by atoms with E-state index in [9.17, 15) is 0 Å². The fraction of sp³-hybridized carbons (Fsp3) is 0.0500. The highest BCUT2D eigenvalue weighted by Gasteiger charge is 2.13. The lowest BCUT2D eigenvalue weighted by atomic mass is 10.0. The predicted octanol–water partition coefficient (Wildman–Crippen LogP) is 4.08. The third kappa shape index (κ3) is 2.16. The fourth-order valence-corrected chi connectivity index (χ4v) is 3.11. The summed E-state index contributed by atoms with van der Waals surface area (Å²) >= 11 is 0. The van der Waals surface area contributed by atoms with Gasteiger partial charge in [0.25, 0.3) is 0 Å². The van der Waals surface area contributed by atoms with Crippen LogP contribution in [0.1, 0.15) is 5.56 Å². The molecule has 118 valence electrons. The lowest BCUT2D eigenvalue weighted by molar-refractivity contribution is 1.10. The van der Waals surface area contributed by atoms with Crippen LogP contribution in [-0.2, 0) is 0 Å². The van der Waals surface area contributed by atoms with Crippen molar-refractivity contribution < 1.29 is 0 Å². The first-order valence-electron chi connectivity index (χ1n) is 7.96. The van der Waals surface area contributed by atoms with E-state index < -0.39 is 0 Å². The summed E-state index contributed by atoms with van der Waals surface area (Å²) in [5, 5.41) is 8.44. The van der Waals surface area contributed by atoms with Gasteiger partial charge < -0.3 is 4.98 Å². The number of aromatic amines is 2. The number of fused-ring (bicyclic) bond motifs is 2. The Bertz CT molecular complexity index is 1180. The molecular weight excluding hydrogens is 310 g/mol. The van der Waals surface area contributed by atoms with Crippen LogP contribution < -0.4 is 0 Å². The maximum Gasteiger partial charge on any atom is 0.155 e. The number of aromatic nitrogens is 5. The number of rotatable bonds is 2. The molecular formula is C20H13N5. The van der Waals surface area contributed by atoms with Gasteiger partial charge >= 0.3 is 0 Å². The lowest BCUT2D eigenvalue weighted by Gasteiger charge is -2.03. The quantitative estimate of drug-likeness (QED) is 0.514. The Labute approximate surface area is 143 Å². The van der Waals surface area contributed by atoms with E-state index in [1.54, 1.807) is 6.20 Å². The van der Waals surface area contributed by atoms with Gasteiger partial charge in [0, 0.05) is 23.3 Å². The normalized spacial score (nSPS) is 11.1. The molecule has 5 aromatic rings. The second-order valence-corrected chi connectivity index (χ2v) is 5.99. The molecule has 0 unspecified atom stereocenters. The second-order valence-electron chi connectivity index (χ2n) is 5.99. The van der Waals surface area contributed by atoms with Crippen molar-refractivity contribution in [2.45, 2.75) is 6.92 Å². The Morgan fingerprint density at radius 3 is 2.88 bits per heavy atom. The van der Waals surface area contributed by atoms with Crippen molar-refractivity contribution in [3.05, 3.63) is 66.5 Å². The Morgan fingerprint density at radius 2 is 2.00 bits per heavy atom. The molecule has 0 spiro atoms. The van der Waals surface area contributed by atoms with Gasteiger partial charge in [0.05, 0.1) is 16.7 Å².